The Morgan fingerprint density at radius 1 is 0.739 bits per heavy atom. The highest BCUT2D eigenvalue weighted by Gasteiger charge is 2.26. The van der Waals surface area contributed by atoms with Crippen molar-refractivity contribution in [1.29, 1.82) is 0 Å². The minimum Gasteiger partial charge on any atom is -0.0688 e. The molecule has 0 heterocycles. The summed E-state index contributed by atoms with van der Waals surface area (Å²) in [5.41, 5.74) is 4.40. The lowest BCUT2D eigenvalue weighted by Gasteiger charge is -2.32. The van der Waals surface area contributed by atoms with Crippen LogP contribution >= 0.6 is 7.92 Å². The van der Waals surface area contributed by atoms with E-state index in [1.165, 1.54) is 36.8 Å². The molecule has 2 unspecified atom stereocenters. The van der Waals surface area contributed by atoms with Crippen LogP contribution in [0.25, 0.3) is 11.1 Å². The largest absolute Gasteiger partial charge is 0.0688 e. The predicted molar refractivity (Wildman–Crippen MR) is 107 cm³/mol. The molecule has 2 aromatic carbocycles. The van der Waals surface area contributed by atoms with E-state index in [1.807, 2.05) is 0 Å². The standard InChI is InChI=1S/C22H31P/c1-5-12-18(3)23(19(4)13-6-2)22-17-11-10-16-21(22)20-14-8-7-9-15-20/h7-11,14-19H,5-6,12-13H2,1-4H3. The molecule has 1 heteroatoms. The van der Waals surface area contributed by atoms with Crippen LogP contribution in [0.5, 0.6) is 0 Å². The van der Waals surface area contributed by atoms with E-state index in [4.69, 9.17) is 0 Å². The molecule has 0 saturated heterocycles. The van der Waals surface area contributed by atoms with Gasteiger partial charge >= 0.3 is 0 Å². The van der Waals surface area contributed by atoms with Gasteiger partial charge in [0.05, 0.1) is 0 Å². The van der Waals surface area contributed by atoms with E-state index in [-0.39, 0.29) is 7.92 Å². The SMILES string of the molecule is CCCC(C)P(c1ccccc1-c1ccccc1)C(C)CCC. The zero-order chi connectivity index (χ0) is 16.7. The van der Waals surface area contributed by atoms with Crippen LogP contribution in [0.2, 0.25) is 0 Å². The van der Waals surface area contributed by atoms with E-state index in [2.05, 4.69) is 82.3 Å². The van der Waals surface area contributed by atoms with Crippen LogP contribution in [-0.4, -0.2) is 11.3 Å². The van der Waals surface area contributed by atoms with Crippen LogP contribution in [0.4, 0.5) is 0 Å². The Balaban J connectivity index is 2.46. The smallest absolute Gasteiger partial charge is 0.0107 e. The van der Waals surface area contributed by atoms with Crippen molar-refractivity contribution < 1.29 is 0 Å². The highest BCUT2D eigenvalue weighted by Crippen LogP contribution is 2.50. The van der Waals surface area contributed by atoms with Crippen molar-refractivity contribution in [2.45, 2.75) is 64.7 Å². The Hall–Kier alpha value is -1.13. The Morgan fingerprint density at radius 3 is 1.83 bits per heavy atom. The maximum absolute atomic E-state index is 2.48. The molecule has 0 aliphatic rings. The molecule has 0 saturated carbocycles. The van der Waals surface area contributed by atoms with Crippen molar-refractivity contribution in [3.05, 3.63) is 54.6 Å². The van der Waals surface area contributed by atoms with Crippen LogP contribution in [0.3, 0.4) is 0 Å². The summed E-state index contributed by atoms with van der Waals surface area (Å²) in [6, 6.07) is 20.0. The molecule has 2 atom stereocenters. The van der Waals surface area contributed by atoms with Crippen molar-refractivity contribution >= 4 is 13.2 Å². The maximum Gasteiger partial charge on any atom is -0.0107 e. The Morgan fingerprint density at radius 2 is 1.26 bits per heavy atom. The Kier molecular flexibility index (Phi) is 7.31. The van der Waals surface area contributed by atoms with Crippen LogP contribution < -0.4 is 5.30 Å². The van der Waals surface area contributed by atoms with Crippen molar-refractivity contribution in [2.24, 2.45) is 0 Å². The first kappa shape index (κ1) is 18.2. The normalized spacial score (nSPS) is 15.1. The van der Waals surface area contributed by atoms with Crippen molar-refractivity contribution in [3.63, 3.8) is 0 Å². The second-order valence-electron chi connectivity index (χ2n) is 6.57. The lowest BCUT2D eigenvalue weighted by atomic mass is 10.1. The topological polar surface area (TPSA) is 0 Å². The third kappa shape index (κ3) is 4.67. The molecule has 0 aliphatic carbocycles. The van der Waals surface area contributed by atoms with Crippen LogP contribution in [-0.2, 0) is 0 Å². The van der Waals surface area contributed by atoms with Gasteiger partial charge in [-0.3, -0.25) is 0 Å². The van der Waals surface area contributed by atoms with Crippen LogP contribution in [0, 0.1) is 0 Å². The maximum atomic E-state index is 2.48. The summed E-state index contributed by atoms with van der Waals surface area (Å²) in [5, 5.41) is 1.61. The fourth-order valence-electron chi connectivity index (χ4n) is 3.58. The van der Waals surface area contributed by atoms with Gasteiger partial charge in [-0.05, 0) is 40.6 Å². The van der Waals surface area contributed by atoms with Gasteiger partial charge in [-0.25, -0.2) is 0 Å². The van der Waals surface area contributed by atoms with Gasteiger partial charge in [0.25, 0.3) is 0 Å². The molecule has 0 spiro atoms. The first-order valence-electron chi connectivity index (χ1n) is 9.11. The van der Waals surface area contributed by atoms with Gasteiger partial charge in [0.2, 0.25) is 0 Å². The number of benzene rings is 2. The molecular formula is C22H31P. The first-order chi connectivity index (χ1) is 11.2. The predicted octanol–water partition coefficient (Wildman–Crippen LogP) is 6.84. The Bertz CT molecular complexity index is 564. The minimum absolute atomic E-state index is 0.134. The molecular weight excluding hydrogens is 295 g/mol. The third-order valence-corrected chi connectivity index (χ3v) is 7.99. The van der Waals surface area contributed by atoms with Gasteiger partial charge in [-0.1, -0.05) is 103 Å². The average Bonchev–Trinajstić information content (AvgIpc) is 2.57. The fraction of sp³-hybridized carbons (Fsp3) is 0.455. The first-order valence-corrected chi connectivity index (χ1v) is 10.6. The molecule has 0 N–H and O–H groups in total. The van der Waals surface area contributed by atoms with E-state index >= 15 is 0 Å². The van der Waals surface area contributed by atoms with E-state index in [0.29, 0.717) is 0 Å². The summed E-state index contributed by atoms with van der Waals surface area (Å²) in [6.45, 7) is 9.58. The highest BCUT2D eigenvalue weighted by atomic mass is 31.1. The average molecular weight is 326 g/mol. The Labute approximate surface area is 144 Å². The van der Waals surface area contributed by atoms with Gasteiger partial charge in [0, 0.05) is 0 Å². The van der Waals surface area contributed by atoms with Crippen LogP contribution in [0.1, 0.15) is 53.4 Å². The number of rotatable bonds is 8. The summed E-state index contributed by atoms with van der Waals surface area (Å²) in [6.07, 6.45) is 5.24. The summed E-state index contributed by atoms with van der Waals surface area (Å²) >= 11 is 0. The lowest BCUT2D eigenvalue weighted by molar-refractivity contribution is 0.741. The van der Waals surface area contributed by atoms with Crippen molar-refractivity contribution in [2.75, 3.05) is 0 Å². The van der Waals surface area contributed by atoms with Crippen molar-refractivity contribution in [3.8, 4) is 11.1 Å². The molecule has 0 nitrogen and oxygen atoms in total. The van der Waals surface area contributed by atoms with Crippen LogP contribution in [0.15, 0.2) is 54.6 Å². The molecule has 23 heavy (non-hydrogen) atoms. The molecule has 2 aromatic rings. The zero-order valence-electron chi connectivity index (χ0n) is 15.1. The minimum atomic E-state index is -0.134. The fourth-order valence-corrected chi connectivity index (χ4v) is 7.21. The summed E-state index contributed by atoms with van der Waals surface area (Å²) in [4.78, 5) is 0. The van der Waals surface area contributed by atoms with E-state index < -0.39 is 0 Å². The molecule has 0 aliphatic heterocycles. The van der Waals surface area contributed by atoms with E-state index in [1.54, 1.807) is 5.30 Å². The lowest BCUT2D eigenvalue weighted by Crippen LogP contribution is -2.20. The van der Waals surface area contributed by atoms with Crippen molar-refractivity contribution in [1.82, 2.24) is 0 Å². The number of hydrogen-bond acceptors (Lipinski definition) is 0. The summed E-state index contributed by atoms with van der Waals surface area (Å²) < 4.78 is 0. The van der Waals surface area contributed by atoms with Gasteiger partial charge < -0.3 is 0 Å². The molecule has 124 valence electrons. The highest BCUT2D eigenvalue weighted by molar-refractivity contribution is 7.67. The molecule has 0 amide bonds. The number of hydrogen-bond donors (Lipinski definition) is 0. The van der Waals surface area contributed by atoms with E-state index in [9.17, 15) is 0 Å². The molecule has 0 fully saturated rings. The van der Waals surface area contributed by atoms with E-state index in [0.717, 1.165) is 11.3 Å². The van der Waals surface area contributed by atoms with Gasteiger partial charge in [-0.2, -0.15) is 0 Å². The van der Waals surface area contributed by atoms with Gasteiger partial charge in [0.15, 0.2) is 0 Å². The molecule has 0 radical (unpaired) electrons. The van der Waals surface area contributed by atoms with Gasteiger partial charge in [-0.15, -0.1) is 0 Å². The monoisotopic (exact) mass is 326 g/mol. The molecule has 0 bridgehead atoms. The quantitative estimate of drug-likeness (QED) is 0.466. The second kappa shape index (κ2) is 9.24. The third-order valence-electron chi connectivity index (χ3n) is 4.63. The molecule has 2 rings (SSSR count). The second-order valence-corrected chi connectivity index (χ2v) is 9.63. The zero-order valence-corrected chi connectivity index (χ0v) is 16.0. The summed E-state index contributed by atoms with van der Waals surface area (Å²) in [7, 11) is -0.134. The summed E-state index contributed by atoms with van der Waals surface area (Å²) in [5.74, 6) is 0. The van der Waals surface area contributed by atoms with Gasteiger partial charge in [0.1, 0.15) is 0 Å². The molecule has 0 aromatic heterocycles.